The van der Waals surface area contributed by atoms with Gasteiger partial charge in [-0.3, -0.25) is 9.38 Å². The Labute approximate surface area is 172 Å². The predicted molar refractivity (Wildman–Crippen MR) is 113 cm³/mol. The number of aromatic nitrogens is 6. The second-order valence-electron chi connectivity index (χ2n) is 7.62. The fraction of sp³-hybridized carbons (Fsp3) is 0.130. The van der Waals surface area contributed by atoms with Gasteiger partial charge in [-0.15, -0.1) is 10.2 Å². The summed E-state index contributed by atoms with van der Waals surface area (Å²) in [5, 5.41) is 18.1. The normalized spacial score (nSPS) is 11.6. The van der Waals surface area contributed by atoms with Crippen molar-refractivity contribution < 1.29 is 0 Å². The first kappa shape index (κ1) is 17.9. The van der Waals surface area contributed by atoms with Gasteiger partial charge < -0.3 is 0 Å². The maximum atomic E-state index is 9.39. The van der Waals surface area contributed by atoms with E-state index in [1.165, 1.54) is 6.33 Å². The molecule has 3 heterocycles. The lowest BCUT2D eigenvalue weighted by Gasteiger charge is -2.15. The third-order valence-corrected chi connectivity index (χ3v) is 5.26. The van der Waals surface area contributed by atoms with E-state index in [-0.39, 0.29) is 0 Å². The zero-order chi connectivity index (χ0) is 20.7. The van der Waals surface area contributed by atoms with Crippen molar-refractivity contribution in [1.82, 2.24) is 29.5 Å². The number of hydrogen-bond acceptors (Lipinski definition) is 6. The Morgan fingerprint density at radius 3 is 2.33 bits per heavy atom. The van der Waals surface area contributed by atoms with E-state index >= 15 is 0 Å². The molecule has 0 saturated carbocycles. The number of benzene rings is 2. The van der Waals surface area contributed by atoms with Crippen molar-refractivity contribution in [1.29, 1.82) is 5.26 Å². The highest BCUT2D eigenvalue weighted by Gasteiger charge is 2.20. The highest BCUT2D eigenvalue weighted by Crippen LogP contribution is 2.28. The van der Waals surface area contributed by atoms with Crippen LogP contribution in [-0.4, -0.2) is 29.5 Å². The summed E-state index contributed by atoms with van der Waals surface area (Å²) in [6, 6.07) is 16.3. The third-order valence-electron chi connectivity index (χ3n) is 5.26. The maximum Gasteiger partial charge on any atom is 0.180 e. The van der Waals surface area contributed by atoms with E-state index in [2.05, 4.69) is 31.2 Å². The molecule has 2 aromatic carbocycles. The van der Waals surface area contributed by atoms with Gasteiger partial charge >= 0.3 is 0 Å². The Morgan fingerprint density at radius 2 is 1.60 bits per heavy atom. The van der Waals surface area contributed by atoms with Crippen LogP contribution < -0.4 is 0 Å². The number of rotatable bonds is 3. The molecule has 0 fully saturated rings. The molecule has 0 N–H and O–H groups in total. The molecule has 0 spiro atoms. The molecule has 0 saturated heterocycles. The van der Waals surface area contributed by atoms with Crippen molar-refractivity contribution >= 4 is 16.7 Å². The standard InChI is InChI=1S/C23H17N7/c1-23(2,13-24)18-6-3-15(4-7-18)22-29-28-21-12-27-19-8-5-16(9-20(19)30(21)22)17-10-25-14-26-11-17/h3-12,14H,1-2H3. The maximum absolute atomic E-state index is 9.39. The van der Waals surface area contributed by atoms with E-state index < -0.39 is 5.41 Å². The lowest BCUT2D eigenvalue weighted by molar-refractivity contribution is 0.687. The minimum atomic E-state index is -0.547. The van der Waals surface area contributed by atoms with Crippen molar-refractivity contribution in [3.8, 4) is 28.6 Å². The molecule has 30 heavy (non-hydrogen) atoms. The van der Waals surface area contributed by atoms with Crippen molar-refractivity contribution in [2.24, 2.45) is 0 Å². The van der Waals surface area contributed by atoms with E-state index in [1.807, 2.05) is 60.7 Å². The number of fused-ring (bicyclic) bond motifs is 3. The van der Waals surface area contributed by atoms with Gasteiger partial charge in [0, 0.05) is 23.5 Å². The molecule has 0 bridgehead atoms. The zero-order valence-electron chi connectivity index (χ0n) is 16.5. The molecule has 144 valence electrons. The molecule has 0 aliphatic heterocycles. The minimum absolute atomic E-state index is 0.547. The van der Waals surface area contributed by atoms with E-state index in [4.69, 9.17) is 0 Å². The van der Waals surface area contributed by atoms with Gasteiger partial charge in [-0.25, -0.2) is 9.97 Å². The molecule has 0 amide bonds. The molecule has 0 aliphatic carbocycles. The Morgan fingerprint density at radius 1 is 0.867 bits per heavy atom. The van der Waals surface area contributed by atoms with E-state index in [9.17, 15) is 5.26 Å². The van der Waals surface area contributed by atoms with Crippen LogP contribution in [0.2, 0.25) is 0 Å². The Kier molecular flexibility index (Phi) is 4.00. The quantitative estimate of drug-likeness (QED) is 0.458. The van der Waals surface area contributed by atoms with E-state index in [0.717, 1.165) is 39.1 Å². The van der Waals surface area contributed by atoms with Gasteiger partial charge in [0.1, 0.15) is 6.33 Å². The SMILES string of the molecule is CC(C)(C#N)c1ccc(-c2nnc3cnc4ccc(-c5cncnc5)cc4n23)cc1. The van der Waals surface area contributed by atoms with Gasteiger partial charge in [0.05, 0.1) is 28.7 Å². The van der Waals surface area contributed by atoms with Crippen LogP contribution in [0.15, 0.2) is 67.4 Å². The van der Waals surface area contributed by atoms with Gasteiger partial charge in [-0.1, -0.05) is 30.3 Å². The largest absolute Gasteiger partial charge is 0.272 e. The zero-order valence-corrected chi connectivity index (χ0v) is 16.5. The van der Waals surface area contributed by atoms with Gasteiger partial charge in [-0.2, -0.15) is 5.26 Å². The molecule has 3 aromatic heterocycles. The average molecular weight is 391 g/mol. The lowest BCUT2D eigenvalue weighted by Crippen LogP contribution is -2.13. The molecule has 7 heteroatoms. The summed E-state index contributed by atoms with van der Waals surface area (Å²) in [4.78, 5) is 12.7. The molecule has 5 rings (SSSR count). The highest BCUT2D eigenvalue weighted by molar-refractivity contribution is 5.84. The minimum Gasteiger partial charge on any atom is -0.272 e. The van der Waals surface area contributed by atoms with Crippen LogP contribution in [0.1, 0.15) is 19.4 Å². The summed E-state index contributed by atoms with van der Waals surface area (Å²) in [6.45, 7) is 3.81. The molecule has 7 nitrogen and oxygen atoms in total. The summed E-state index contributed by atoms with van der Waals surface area (Å²) in [7, 11) is 0. The third kappa shape index (κ3) is 2.86. The first-order valence-corrected chi connectivity index (χ1v) is 9.48. The smallest absolute Gasteiger partial charge is 0.180 e. The van der Waals surface area contributed by atoms with Crippen LogP contribution in [0.25, 0.3) is 39.2 Å². The molecule has 5 aromatic rings. The van der Waals surface area contributed by atoms with Crippen molar-refractivity contribution in [3.05, 3.63) is 72.9 Å². The van der Waals surface area contributed by atoms with Gasteiger partial charge in [0.2, 0.25) is 0 Å². The summed E-state index contributed by atoms with van der Waals surface area (Å²) in [6.07, 6.45) is 6.80. The van der Waals surface area contributed by atoms with Crippen LogP contribution >= 0.6 is 0 Å². The highest BCUT2D eigenvalue weighted by atomic mass is 15.3. The second-order valence-corrected chi connectivity index (χ2v) is 7.62. The van der Waals surface area contributed by atoms with Crippen LogP contribution in [0.3, 0.4) is 0 Å². The van der Waals surface area contributed by atoms with E-state index in [0.29, 0.717) is 5.65 Å². The summed E-state index contributed by atoms with van der Waals surface area (Å²) in [5.74, 6) is 0.722. The topological polar surface area (TPSA) is 92.6 Å². The molecule has 0 radical (unpaired) electrons. The van der Waals surface area contributed by atoms with Gasteiger partial charge in [0.15, 0.2) is 11.5 Å². The Bertz CT molecular complexity index is 1410. The fourth-order valence-electron chi connectivity index (χ4n) is 3.47. The summed E-state index contributed by atoms with van der Waals surface area (Å²) >= 11 is 0. The first-order chi connectivity index (χ1) is 14.6. The number of nitrogens with zero attached hydrogens (tertiary/aromatic N) is 7. The summed E-state index contributed by atoms with van der Waals surface area (Å²) in [5.41, 5.74) is 5.65. The van der Waals surface area contributed by atoms with Crippen LogP contribution in [-0.2, 0) is 5.41 Å². The lowest BCUT2D eigenvalue weighted by atomic mass is 9.86. The summed E-state index contributed by atoms with van der Waals surface area (Å²) < 4.78 is 2.00. The molecule has 0 aliphatic rings. The Balaban J connectivity index is 1.70. The fourth-order valence-corrected chi connectivity index (χ4v) is 3.47. The Hall–Kier alpha value is -4.18. The van der Waals surface area contributed by atoms with Crippen molar-refractivity contribution in [3.63, 3.8) is 0 Å². The molecule has 0 unspecified atom stereocenters. The van der Waals surface area contributed by atoms with Gasteiger partial charge in [0.25, 0.3) is 0 Å². The molecular formula is C23H17N7. The average Bonchev–Trinajstić information content (AvgIpc) is 3.24. The molecular weight excluding hydrogens is 374 g/mol. The number of hydrogen-bond donors (Lipinski definition) is 0. The monoisotopic (exact) mass is 391 g/mol. The first-order valence-electron chi connectivity index (χ1n) is 9.48. The molecule has 0 atom stereocenters. The van der Waals surface area contributed by atoms with Crippen molar-refractivity contribution in [2.75, 3.05) is 0 Å². The second kappa shape index (κ2) is 6.71. The van der Waals surface area contributed by atoms with E-state index in [1.54, 1.807) is 18.6 Å². The van der Waals surface area contributed by atoms with Crippen LogP contribution in [0, 0.1) is 11.3 Å². The van der Waals surface area contributed by atoms with Crippen LogP contribution in [0.4, 0.5) is 0 Å². The number of nitriles is 1. The van der Waals surface area contributed by atoms with Crippen LogP contribution in [0.5, 0.6) is 0 Å². The van der Waals surface area contributed by atoms with Gasteiger partial charge in [-0.05, 0) is 37.1 Å². The van der Waals surface area contributed by atoms with Crippen molar-refractivity contribution in [2.45, 2.75) is 19.3 Å². The predicted octanol–water partition coefficient (Wildman–Crippen LogP) is 4.20.